The second kappa shape index (κ2) is 8.46. The number of hydrogen-bond donors (Lipinski definition) is 3. The van der Waals surface area contributed by atoms with E-state index in [1.54, 1.807) is 20.2 Å². The largest absolute Gasteiger partial charge is 0.505 e. The molecule has 2 aromatic carbocycles. The van der Waals surface area contributed by atoms with Crippen LogP contribution in [0.4, 0.5) is 17.1 Å². The van der Waals surface area contributed by atoms with Crippen molar-refractivity contribution in [3.8, 4) is 5.75 Å². The lowest BCUT2D eigenvalue weighted by molar-refractivity contribution is 0.0824. The number of phenolic OH excluding ortho intramolecular Hbond substituents is 1. The predicted molar refractivity (Wildman–Crippen MR) is 128 cm³/mol. The normalized spacial score (nSPS) is 12.6. The molecule has 0 saturated heterocycles. The molecule has 9 heteroatoms. The van der Waals surface area contributed by atoms with Crippen molar-refractivity contribution in [2.24, 2.45) is 5.41 Å². The van der Waals surface area contributed by atoms with Crippen molar-refractivity contribution in [2.75, 3.05) is 24.7 Å². The van der Waals surface area contributed by atoms with Gasteiger partial charge < -0.3 is 25.1 Å². The molecule has 0 aliphatic carbocycles. The number of nitrogens with zero attached hydrogens (tertiary/aromatic N) is 1. The Morgan fingerprint density at radius 1 is 1.09 bits per heavy atom. The number of benzene rings is 1. The molecule has 0 radical (unpaired) electrons. The molecule has 1 amide bonds. The summed E-state index contributed by atoms with van der Waals surface area (Å²) in [5.41, 5.74) is -1.40. The van der Waals surface area contributed by atoms with Crippen LogP contribution in [0.2, 0.25) is 0 Å². The highest BCUT2D eigenvalue weighted by Crippen LogP contribution is 2.39. The molecule has 1 heterocycles. The molecule has 0 bridgehead atoms. The summed E-state index contributed by atoms with van der Waals surface area (Å²) in [6.07, 6.45) is 0. The monoisotopic (exact) mass is 503 g/mol. The predicted octanol–water partition coefficient (Wildman–Crippen LogP) is 4.30. The fraction of sp³-hybridized carbons (Fsp3) is 0.348. The number of rotatable bonds is 6. The van der Waals surface area contributed by atoms with Crippen LogP contribution in [-0.4, -0.2) is 30.0 Å². The first-order valence-electron chi connectivity index (χ1n) is 9.99. The number of carbonyl (C=O) groups is 1. The van der Waals surface area contributed by atoms with Crippen molar-refractivity contribution < 1.29 is 14.3 Å². The second-order valence-corrected chi connectivity index (χ2v) is 9.80. The van der Waals surface area contributed by atoms with Gasteiger partial charge in [0, 0.05) is 18.6 Å². The minimum absolute atomic E-state index is 0.0217. The second-order valence-electron chi connectivity index (χ2n) is 8.94. The molecule has 170 valence electrons. The molecule has 1 aromatic heterocycles. The smallest absolute Gasteiger partial charge is 0.258 e. The maximum Gasteiger partial charge on any atom is 0.258 e. The van der Waals surface area contributed by atoms with Crippen molar-refractivity contribution >= 4 is 38.9 Å². The zero-order chi connectivity index (χ0) is 24.0. The van der Waals surface area contributed by atoms with Crippen LogP contribution in [0.3, 0.4) is 0 Å². The first kappa shape index (κ1) is 23.6. The Kier molecular flexibility index (Phi) is 6.24. The van der Waals surface area contributed by atoms with Crippen LogP contribution in [0.5, 0.6) is 5.75 Å². The summed E-state index contributed by atoms with van der Waals surface area (Å²) < 4.78 is 6.17. The summed E-state index contributed by atoms with van der Waals surface area (Å²) in [5, 5.41) is 16.7. The lowest BCUT2D eigenvalue weighted by atomic mass is 9.85. The fourth-order valence-corrected chi connectivity index (χ4v) is 3.83. The molecule has 32 heavy (non-hydrogen) atoms. The Morgan fingerprint density at radius 2 is 1.72 bits per heavy atom. The fourth-order valence-electron chi connectivity index (χ4n) is 3.35. The van der Waals surface area contributed by atoms with E-state index in [4.69, 9.17) is 4.42 Å². The number of nitrogens with one attached hydrogen (secondary N) is 2. The van der Waals surface area contributed by atoms with Crippen LogP contribution in [-0.2, 0) is 0 Å². The number of furan rings is 1. The molecular formula is C23H26BrN3O5. The zero-order valence-corrected chi connectivity index (χ0v) is 20.4. The van der Waals surface area contributed by atoms with Gasteiger partial charge in [0.05, 0.1) is 17.3 Å². The number of aromatic hydroxyl groups is 1. The third kappa shape index (κ3) is 4.29. The standard InChI is InChI=1S/C23H26BrN3O5/c1-11-7-10-14(32-11)21(23(2,3)4)26-17-16(19(29)20(17)30)25-13-9-8-12(24)15(18(13)28)22(31)27(5)6/h7-10,21,25-26,28H,1-6H3/t21-/m0/s1. The Morgan fingerprint density at radius 3 is 2.25 bits per heavy atom. The van der Waals surface area contributed by atoms with E-state index in [-0.39, 0.29) is 39.8 Å². The maximum atomic E-state index is 12.5. The van der Waals surface area contributed by atoms with Crippen LogP contribution in [0.25, 0.3) is 0 Å². The van der Waals surface area contributed by atoms with E-state index in [1.807, 2.05) is 39.8 Å². The minimum atomic E-state index is -0.710. The van der Waals surface area contributed by atoms with Crippen molar-refractivity contribution in [1.82, 2.24) is 4.90 Å². The molecule has 0 saturated carbocycles. The first-order valence-corrected chi connectivity index (χ1v) is 10.8. The topological polar surface area (TPSA) is 112 Å². The maximum absolute atomic E-state index is 12.5. The highest BCUT2D eigenvalue weighted by atomic mass is 79.9. The van der Waals surface area contributed by atoms with Crippen molar-refractivity contribution in [2.45, 2.75) is 33.7 Å². The molecule has 0 aliphatic heterocycles. The van der Waals surface area contributed by atoms with Gasteiger partial charge in [-0.2, -0.15) is 0 Å². The molecule has 3 aromatic rings. The van der Waals surface area contributed by atoms with E-state index >= 15 is 0 Å². The van der Waals surface area contributed by atoms with Crippen LogP contribution >= 0.6 is 15.9 Å². The average Bonchev–Trinajstić information content (AvgIpc) is 3.12. The van der Waals surface area contributed by atoms with Crippen molar-refractivity contribution in [1.29, 1.82) is 0 Å². The van der Waals surface area contributed by atoms with Crippen LogP contribution in [0, 0.1) is 12.3 Å². The SMILES string of the molecule is Cc1ccc([C@H](Nc2c(Nc3ccc(Br)c(C(=O)N(C)C)c3O)c(=O)c2=O)C(C)(C)C)o1. The Hall–Kier alpha value is -3.07. The summed E-state index contributed by atoms with van der Waals surface area (Å²) in [4.78, 5) is 38.5. The van der Waals surface area contributed by atoms with Gasteiger partial charge in [0.1, 0.15) is 22.9 Å². The summed E-state index contributed by atoms with van der Waals surface area (Å²) in [7, 11) is 3.13. The number of phenols is 1. The summed E-state index contributed by atoms with van der Waals surface area (Å²) in [6.45, 7) is 7.79. The molecule has 3 rings (SSSR count). The van der Waals surface area contributed by atoms with E-state index in [1.165, 1.54) is 11.0 Å². The highest BCUT2D eigenvalue weighted by molar-refractivity contribution is 9.10. The summed E-state index contributed by atoms with van der Waals surface area (Å²) >= 11 is 3.27. The molecule has 8 nitrogen and oxygen atoms in total. The zero-order valence-electron chi connectivity index (χ0n) is 18.8. The lowest BCUT2D eigenvalue weighted by Crippen LogP contribution is -2.39. The van der Waals surface area contributed by atoms with Gasteiger partial charge in [-0.1, -0.05) is 20.8 Å². The van der Waals surface area contributed by atoms with E-state index < -0.39 is 16.8 Å². The molecule has 3 N–H and O–H groups in total. The molecule has 0 aliphatic rings. The van der Waals surface area contributed by atoms with Crippen LogP contribution in [0.15, 0.2) is 42.7 Å². The Labute approximate surface area is 194 Å². The molecule has 0 fully saturated rings. The van der Waals surface area contributed by atoms with Gasteiger partial charge in [0.2, 0.25) is 0 Å². The van der Waals surface area contributed by atoms with E-state index in [0.29, 0.717) is 10.2 Å². The molecule has 0 unspecified atom stereocenters. The quantitative estimate of drug-likeness (QED) is 0.339. The number of aryl methyl sites for hydroxylation is 1. The van der Waals surface area contributed by atoms with E-state index in [0.717, 1.165) is 5.76 Å². The van der Waals surface area contributed by atoms with Gasteiger partial charge in [-0.15, -0.1) is 0 Å². The first-order chi connectivity index (χ1) is 14.8. The number of halogens is 1. The molecule has 1 atom stereocenters. The molecule has 0 spiro atoms. The van der Waals surface area contributed by atoms with Crippen molar-refractivity contribution in [3.05, 3.63) is 66.3 Å². The number of anilines is 3. The lowest BCUT2D eigenvalue weighted by Gasteiger charge is -2.31. The van der Waals surface area contributed by atoms with Gasteiger partial charge in [0.15, 0.2) is 5.75 Å². The third-order valence-corrected chi connectivity index (χ3v) is 5.78. The van der Waals surface area contributed by atoms with Gasteiger partial charge in [-0.3, -0.25) is 14.4 Å². The number of amides is 1. The van der Waals surface area contributed by atoms with Crippen LogP contribution in [0.1, 0.15) is 48.7 Å². The van der Waals surface area contributed by atoms with Gasteiger partial charge in [-0.25, -0.2) is 0 Å². The third-order valence-electron chi connectivity index (χ3n) is 5.12. The van der Waals surface area contributed by atoms with E-state index in [9.17, 15) is 19.5 Å². The van der Waals surface area contributed by atoms with Gasteiger partial charge >= 0.3 is 0 Å². The average molecular weight is 504 g/mol. The summed E-state index contributed by atoms with van der Waals surface area (Å²) in [5.74, 6) is 0.630. The minimum Gasteiger partial charge on any atom is -0.505 e. The Bertz CT molecular complexity index is 1250. The summed E-state index contributed by atoms with van der Waals surface area (Å²) in [6, 6.07) is 6.38. The Balaban J connectivity index is 1.99. The number of hydrogen-bond acceptors (Lipinski definition) is 7. The number of carbonyl (C=O) groups excluding carboxylic acids is 1. The van der Waals surface area contributed by atoms with Gasteiger partial charge in [0.25, 0.3) is 16.8 Å². The van der Waals surface area contributed by atoms with Crippen LogP contribution < -0.4 is 21.5 Å². The van der Waals surface area contributed by atoms with Crippen molar-refractivity contribution in [3.63, 3.8) is 0 Å². The van der Waals surface area contributed by atoms with Gasteiger partial charge in [-0.05, 0) is 52.5 Å². The molecular weight excluding hydrogens is 478 g/mol. The van der Waals surface area contributed by atoms with E-state index in [2.05, 4.69) is 26.6 Å². The highest BCUT2D eigenvalue weighted by Gasteiger charge is 2.33.